The average Bonchev–Trinajstić information content (AvgIpc) is 2.85. The maximum absolute atomic E-state index is 13.0. The number of hydrogen-bond donors (Lipinski definition) is 0. The highest BCUT2D eigenvalue weighted by Gasteiger charge is 2.45. The van der Waals surface area contributed by atoms with Gasteiger partial charge in [0.25, 0.3) is 0 Å². The van der Waals surface area contributed by atoms with Crippen LogP contribution in [0.25, 0.3) is 0 Å². The summed E-state index contributed by atoms with van der Waals surface area (Å²) < 4.78 is 24.8. The van der Waals surface area contributed by atoms with Crippen LogP contribution in [0.1, 0.15) is 175 Å². The summed E-state index contributed by atoms with van der Waals surface area (Å²) in [4.78, 5) is 55.2. The minimum Gasteiger partial charge on any atom is -0.466 e. The van der Waals surface area contributed by atoms with Gasteiger partial charge in [0.15, 0.2) is 0 Å². The highest BCUT2D eigenvalue weighted by atomic mass is 28.5. The van der Waals surface area contributed by atoms with E-state index >= 15 is 0 Å². The fraction of sp³-hybridized carbons (Fsp3) is 0.911. The Kier molecular flexibility index (Phi) is 43.1. The zero-order chi connectivity index (χ0) is 36.0. The fourth-order valence-corrected chi connectivity index (χ4v) is 21.9. The van der Waals surface area contributed by atoms with Gasteiger partial charge in [-0.05, 0) is 111 Å². The molecule has 0 N–H and O–H groups in total. The lowest BCUT2D eigenvalue weighted by Crippen LogP contribution is -2.55. The van der Waals surface area contributed by atoms with Crippen LogP contribution in [-0.2, 0) is 36.9 Å². The Hall–Kier alpha value is -1.73. The molecule has 0 aromatic rings. The zero-order valence-electron chi connectivity index (χ0n) is 31.3. The molecule has 0 aromatic carbocycles. The van der Waals surface area contributed by atoms with Crippen molar-refractivity contribution in [2.45, 2.75) is 214 Å². The second kappa shape index (κ2) is 31.2. The maximum Gasteiger partial charge on any atom is 0.311 e. The molecule has 13 heteroatoms. The minimum absolute atomic E-state index is 0. The molecule has 2 rings (SSSR count). The van der Waals surface area contributed by atoms with Gasteiger partial charge >= 0.3 is 20.5 Å². The van der Waals surface area contributed by atoms with E-state index in [0.29, 0.717) is 25.9 Å². The van der Waals surface area contributed by atoms with Gasteiger partial charge in [0.1, 0.15) is 12.5 Å². The highest BCUT2D eigenvalue weighted by Crippen LogP contribution is 2.51. The Morgan fingerprint density at radius 2 is 0.810 bits per heavy atom. The van der Waals surface area contributed by atoms with Crippen molar-refractivity contribution in [1.29, 1.82) is 0 Å². The van der Waals surface area contributed by atoms with Crippen molar-refractivity contribution < 1.29 is 36.9 Å². The Balaban J connectivity index is -0.000000262. The van der Waals surface area contributed by atoms with E-state index in [9.17, 15) is 19.2 Å². The first-order valence-corrected chi connectivity index (χ1v) is 26.1. The van der Waals surface area contributed by atoms with Gasteiger partial charge in [0.2, 0.25) is 28.8 Å². The van der Waals surface area contributed by atoms with E-state index in [1.54, 1.807) is 12.2 Å². The number of hydrogen-bond acceptors (Lipinski definition) is 10. The van der Waals surface area contributed by atoms with E-state index in [-0.39, 0.29) is 140 Å². The van der Waals surface area contributed by atoms with Crippen molar-refractivity contribution in [1.82, 2.24) is 0 Å². The number of aliphatic imine (C=N–C) groups is 2. The molecule has 0 heterocycles. The van der Waals surface area contributed by atoms with Gasteiger partial charge in [0, 0.05) is 12.8 Å². The fourth-order valence-electron chi connectivity index (χ4n) is 9.18. The van der Waals surface area contributed by atoms with Crippen molar-refractivity contribution in [2.75, 3.05) is 25.5 Å². The first-order chi connectivity index (χ1) is 21.3. The summed E-state index contributed by atoms with van der Waals surface area (Å²) in [6, 6.07) is 0. The Morgan fingerprint density at radius 3 is 1.07 bits per heavy atom. The average molecular weight is 888 g/mol. The monoisotopic (exact) mass is 887 g/mol. The summed E-state index contributed by atoms with van der Waals surface area (Å²) in [6.45, 7) is 26.1. The van der Waals surface area contributed by atoms with Crippen molar-refractivity contribution in [3.05, 3.63) is 0 Å². The molecule has 0 spiro atoms. The molecular weight excluding hydrogens is 781 g/mol. The summed E-state index contributed by atoms with van der Waals surface area (Å²) in [5, 5.41) is 0. The molecule has 0 aliphatic heterocycles. The smallest absolute Gasteiger partial charge is 0.311 e. The van der Waals surface area contributed by atoms with Gasteiger partial charge in [-0.15, -0.1) is 0 Å². The molecule has 10 nitrogen and oxygen atoms in total. The molecule has 2 fully saturated rings. The second-order valence-electron chi connectivity index (χ2n) is 18.5. The largest absolute Gasteiger partial charge is 0.466 e. The summed E-state index contributed by atoms with van der Waals surface area (Å²) in [6.07, 6.45) is 9.85. The van der Waals surface area contributed by atoms with Crippen molar-refractivity contribution in [3.8, 4) is 0 Å². The number of ether oxygens (including phenoxy) is 2. The predicted octanol–water partition coefficient (Wildman–Crippen LogP) is 14.4. The van der Waals surface area contributed by atoms with Gasteiger partial charge in [-0.1, -0.05) is 123 Å². The molecule has 0 aromatic heterocycles. The van der Waals surface area contributed by atoms with Crippen LogP contribution in [0.5, 0.6) is 0 Å². The van der Waals surface area contributed by atoms with Crippen LogP contribution in [0, 0.1) is 33.5 Å². The highest BCUT2D eigenvalue weighted by molar-refractivity contribution is 6.87. The lowest BCUT2D eigenvalue weighted by Gasteiger charge is -2.45. The van der Waals surface area contributed by atoms with E-state index in [1.165, 1.54) is 0 Å². The second-order valence-corrected chi connectivity index (χ2v) is 30.6. The first-order valence-electron chi connectivity index (χ1n) is 17.1. The third kappa shape index (κ3) is 29.5. The molecule has 4 atom stereocenters. The van der Waals surface area contributed by atoms with Gasteiger partial charge < -0.3 is 17.7 Å². The van der Waals surface area contributed by atoms with E-state index in [0.717, 1.165) is 38.5 Å². The molecule has 0 radical (unpaired) electrons. The number of isocyanates is 2. The first kappa shape index (κ1) is 80.3. The topological polar surface area (TPSA) is 130 Å². The Labute approximate surface area is 367 Å². The number of esters is 2. The van der Waals surface area contributed by atoms with Crippen LogP contribution < -0.4 is 0 Å². The summed E-state index contributed by atoms with van der Waals surface area (Å²) in [5.41, 5.74) is -0.180. The standard InChI is InChI=1S/C34H62N2O8Si3.11CH4/c1-31(2)15-27(17-33(5,19-31)21-35-23-37)13-29(39)41-25-45(7,8)43-47(11,12)44-46(9,10)26-42-30(40)14-28-16-32(3,4)20-34(6,18-28)22-36-24-38;;;;;;;;;;;/h27-28H,13-22,25-26H2,1-12H3;11*1H4. The molecular formula is C45H106N2O8Si3. The van der Waals surface area contributed by atoms with Crippen molar-refractivity contribution >= 4 is 49.3 Å². The molecule has 356 valence electrons. The number of nitrogens with zero attached hydrogens (tertiary/aromatic N) is 2. The number of carbonyl (C=O) groups is 2. The molecule has 58 heavy (non-hydrogen) atoms. The maximum atomic E-state index is 13.0. The molecule has 2 saturated carbocycles. The molecule has 0 bridgehead atoms. The third-order valence-corrected chi connectivity index (χ3v) is 19.3. The lowest BCUT2D eigenvalue weighted by atomic mass is 9.60. The van der Waals surface area contributed by atoms with E-state index in [2.05, 4.69) is 51.5 Å². The molecule has 2 aliphatic rings. The third-order valence-electron chi connectivity index (χ3n) is 9.22. The predicted molar refractivity (Wildman–Crippen MR) is 264 cm³/mol. The van der Waals surface area contributed by atoms with Crippen molar-refractivity contribution in [3.63, 3.8) is 0 Å². The van der Waals surface area contributed by atoms with Gasteiger partial charge in [-0.3, -0.25) is 9.59 Å². The van der Waals surface area contributed by atoms with Crippen LogP contribution >= 0.6 is 0 Å². The number of rotatable bonds is 16. The quantitative estimate of drug-likeness (QED) is 0.0648. The summed E-state index contributed by atoms with van der Waals surface area (Å²) >= 11 is 0. The Morgan fingerprint density at radius 1 is 0.534 bits per heavy atom. The van der Waals surface area contributed by atoms with E-state index in [1.807, 2.05) is 39.3 Å². The van der Waals surface area contributed by atoms with Crippen LogP contribution in [0.3, 0.4) is 0 Å². The SMILES string of the molecule is C.C.C.C.C.C.C.C.C.C.C.CC1(C)CC(CC(=O)OC[Si](C)(C)O[Si](C)(C)O[Si](C)(C)COC(=O)CC2CC(C)(C)CC(C)(CN=C=O)C2)CC(C)(CN=C=O)C1. The Bertz CT molecular complexity index is 1120. The van der Waals surface area contributed by atoms with Gasteiger partial charge in [0.05, 0.1) is 13.1 Å². The number of carbonyl (C=O) groups excluding carboxylic acids is 4. The van der Waals surface area contributed by atoms with Gasteiger partial charge in [-0.2, -0.15) is 0 Å². The normalized spacial score (nSPS) is 22.3. The molecule has 0 saturated heterocycles. The molecule has 4 unspecified atom stereocenters. The zero-order valence-corrected chi connectivity index (χ0v) is 34.3. The van der Waals surface area contributed by atoms with Crippen LogP contribution in [-0.4, -0.2) is 74.8 Å². The van der Waals surface area contributed by atoms with Crippen LogP contribution in [0.4, 0.5) is 0 Å². The van der Waals surface area contributed by atoms with E-state index in [4.69, 9.17) is 17.7 Å². The van der Waals surface area contributed by atoms with Crippen LogP contribution in [0.2, 0.25) is 39.3 Å². The van der Waals surface area contributed by atoms with Gasteiger partial charge in [-0.25, -0.2) is 19.6 Å². The molecule has 2 aliphatic carbocycles. The van der Waals surface area contributed by atoms with Crippen LogP contribution in [0.15, 0.2) is 9.98 Å². The van der Waals surface area contributed by atoms with E-state index < -0.39 is 25.2 Å². The lowest BCUT2D eigenvalue weighted by molar-refractivity contribution is -0.145. The summed E-state index contributed by atoms with van der Waals surface area (Å²) in [7, 11) is -7.52. The van der Waals surface area contributed by atoms with Crippen molar-refractivity contribution in [2.24, 2.45) is 43.5 Å². The molecule has 0 amide bonds. The summed E-state index contributed by atoms with van der Waals surface area (Å²) in [5.74, 6) is -0.118. The minimum atomic E-state index is -2.65.